The SMILES string of the molecule is CC1CCC(c2ccc3cc(CCc4cc(F)c5c(F)c(C#CC(F)(F)F)c(F)cc5c4)ccc3c2)CC1. The standard InChI is InChI=1S/C32H26F6/c1-19-2-7-22(8-3-19)24-11-10-23-14-20(6-9-25(23)17-24)4-5-21-15-26-18-28(33)27(12-13-32(36,37)38)31(35)30(26)29(34)16-21/h6,9-11,14-19,22H,2-5,7-8H2,1H3. The van der Waals surface area contributed by atoms with Crippen LogP contribution in [0.15, 0.2) is 54.6 Å². The van der Waals surface area contributed by atoms with Gasteiger partial charge in [0.05, 0.1) is 10.9 Å². The molecule has 1 saturated carbocycles. The van der Waals surface area contributed by atoms with Crippen molar-refractivity contribution in [3.05, 3.63) is 94.3 Å². The zero-order valence-corrected chi connectivity index (χ0v) is 20.9. The lowest BCUT2D eigenvalue weighted by Crippen LogP contribution is -2.10. The summed E-state index contributed by atoms with van der Waals surface area (Å²) in [7, 11) is 0. The molecule has 0 N–H and O–H groups in total. The number of fused-ring (bicyclic) bond motifs is 2. The molecule has 0 heterocycles. The smallest absolute Gasteiger partial charge is 0.206 e. The summed E-state index contributed by atoms with van der Waals surface area (Å²) in [6.45, 7) is 2.31. The van der Waals surface area contributed by atoms with Crippen LogP contribution in [0.4, 0.5) is 26.3 Å². The van der Waals surface area contributed by atoms with Gasteiger partial charge in [0.1, 0.15) is 11.6 Å². The maximum Gasteiger partial charge on any atom is 0.458 e. The van der Waals surface area contributed by atoms with Crippen molar-refractivity contribution < 1.29 is 26.3 Å². The zero-order valence-electron chi connectivity index (χ0n) is 20.9. The Morgan fingerprint density at radius 3 is 2.13 bits per heavy atom. The molecule has 0 bridgehead atoms. The molecule has 6 heteroatoms. The number of hydrogen-bond acceptors (Lipinski definition) is 0. The molecule has 0 atom stereocenters. The Bertz CT molecular complexity index is 1560. The molecule has 196 valence electrons. The van der Waals surface area contributed by atoms with E-state index in [4.69, 9.17) is 0 Å². The van der Waals surface area contributed by atoms with Gasteiger partial charge in [0, 0.05) is 5.92 Å². The van der Waals surface area contributed by atoms with E-state index >= 15 is 0 Å². The van der Waals surface area contributed by atoms with Gasteiger partial charge in [-0.05, 0) is 82.5 Å². The second-order valence-electron chi connectivity index (χ2n) is 10.4. The molecule has 0 nitrogen and oxygen atoms in total. The van der Waals surface area contributed by atoms with Crippen LogP contribution in [0.1, 0.15) is 60.8 Å². The van der Waals surface area contributed by atoms with Gasteiger partial charge < -0.3 is 0 Å². The third-order valence-electron chi connectivity index (χ3n) is 7.59. The lowest BCUT2D eigenvalue weighted by molar-refractivity contribution is -0.0696. The molecule has 1 fully saturated rings. The summed E-state index contributed by atoms with van der Waals surface area (Å²) in [5, 5.41) is 1.67. The van der Waals surface area contributed by atoms with Crippen LogP contribution in [0.5, 0.6) is 0 Å². The number of benzene rings is 4. The van der Waals surface area contributed by atoms with E-state index in [9.17, 15) is 26.3 Å². The minimum absolute atomic E-state index is 0.0595. The number of halogens is 6. The van der Waals surface area contributed by atoms with Crippen LogP contribution in [-0.2, 0) is 12.8 Å². The van der Waals surface area contributed by atoms with Crippen molar-refractivity contribution >= 4 is 21.5 Å². The summed E-state index contributed by atoms with van der Waals surface area (Å²) in [6.07, 6.45) is 1.08. The van der Waals surface area contributed by atoms with E-state index in [0.717, 1.165) is 34.9 Å². The summed E-state index contributed by atoms with van der Waals surface area (Å²) in [5.74, 6) is 0.0376. The molecule has 38 heavy (non-hydrogen) atoms. The molecule has 0 aromatic heterocycles. The largest absolute Gasteiger partial charge is 0.458 e. The lowest BCUT2D eigenvalue weighted by Gasteiger charge is -2.26. The molecule has 0 radical (unpaired) electrons. The molecule has 0 spiro atoms. The van der Waals surface area contributed by atoms with Crippen molar-refractivity contribution in [1.29, 1.82) is 0 Å². The van der Waals surface area contributed by atoms with E-state index in [1.54, 1.807) is 0 Å². The monoisotopic (exact) mass is 524 g/mol. The van der Waals surface area contributed by atoms with Crippen LogP contribution in [0.25, 0.3) is 21.5 Å². The minimum Gasteiger partial charge on any atom is -0.206 e. The van der Waals surface area contributed by atoms with Crippen LogP contribution in [0.3, 0.4) is 0 Å². The first-order valence-electron chi connectivity index (χ1n) is 12.8. The first-order chi connectivity index (χ1) is 18.1. The summed E-state index contributed by atoms with van der Waals surface area (Å²) < 4.78 is 81.0. The molecule has 0 unspecified atom stereocenters. The number of aryl methyl sites for hydroxylation is 2. The average molecular weight is 525 g/mol. The van der Waals surface area contributed by atoms with E-state index in [1.807, 2.05) is 6.07 Å². The Morgan fingerprint density at radius 1 is 0.737 bits per heavy atom. The van der Waals surface area contributed by atoms with Gasteiger partial charge in [0.2, 0.25) is 0 Å². The minimum atomic E-state index is -4.92. The van der Waals surface area contributed by atoms with E-state index < -0.39 is 34.6 Å². The fourth-order valence-corrected chi connectivity index (χ4v) is 5.47. The quantitative estimate of drug-likeness (QED) is 0.184. The van der Waals surface area contributed by atoms with Gasteiger partial charge in [0.25, 0.3) is 0 Å². The highest BCUT2D eigenvalue weighted by atomic mass is 19.4. The summed E-state index contributed by atoms with van der Waals surface area (Å²) in [4.78, 5) is 0. The molecule has 5 rings (SSSR count). The maximum absolute atomic E-state index is 14.8. The summed E-state index contributed by atoms with van der Waals surface area (Å²) in [6, 6.07) is 16.3. The molecule has 0 amide bonds. The molecular formula is C32H26F6. The molecule has 0 aliphatic heterocycles. The molecule has 1 aliphatic carbocycles. The first kappa shape index (κ1) is 26.2. The topological polar surface area (TPSA) is 0 Å². The fraction of sp³-hybridized carbons (Fsp3) is 0.312. The van der Waals surface area contributed by atoms with Gasteiger partial charge in [0.15, 0.2) is 5.82 Å². The van der Waals surface area contributed by atoms with Crippen molar-refractivity contribution in [2.24, 2.45) is 5.92 Å². The Kier molecular flexibility index (Phi) is 7.13. The predicted molar refractivity (Wildman–Crippen MR) is 138 cm³/mol. The van der Waals surface area contributed by atoms with Gasteiger partial charge in [-0.15, -0.1) is 0 Å². The summed E-state index contributed by atoms with van der Waals surface area (Å²) >= 11 is 0. The van der Waals surface area contributed by atoms with Gasteiger partial charge in [-0.25, -0.2) is 13.2 Å². The molecule has 4 aromatic rings. The predicted octanol–water partition coefficient (Wildman–Crippen LogP) is 9.40. The van der Waals surface area contributed by atoms with E-state index in [-0.39, 0.29) is 5.39 Å². The Hall–Kier alpha value is -3.46. The Balaban J connectivity index is 1.35. The van der Waals surface area contributed by atoms with E-state index in [1.165, 1.54) is 48.6 Å². The highest BCUT2D eigenvalue weighted by Gasteiger charge is 2.24. The van der Waals surface area contributed by atoms with Crippen LogP contribution in [-0.4, -0.2) is 6.18 Å². The van der Waals surface area contributed by atoms with Crippen molar-refractivity contribution in [3.8, 4) is 11.8 Å². The fourth-order valence-electron chi connectivity index (χ4n) is 5.47. The van der Waals surface area contributed by atoms with Crippen LogP contribution in [0.2, 0.25) is 0 Å². The summed E-state index contributed by atoms with van der Waals surface area (Å²) in [5.41, 5.74) is 1.87. The Morgan fingerprint density at radius 2 is 1.39 bits per heavy atom. The van der Waals surface area contributed by atoms with Gasteiger partial charge >= 0.3 is 6.18 Å². The highest BCUT2D eigenvalue weighted by Crippen LogP contribution is 2.36. The van der Waals surface area contributed by atoms with E-state index in [0.29, 0.717) is 24.3 Å². The van der Waals surface area contributed by atoms with Crippen molar-refractivity contribution in [2.45, 2.75) is 57.5 Å². The van der Waals surface area contributed by atoms with Crippen molar-refractivity contribution in [3.63, 3.8) is 0 Å². The second-order valence-corrected chi connectivity index (χ2v) is 10.4. The first-order valence-corrected chi connectivity index (χ1v) is 12.8. The van der Waals surface area contributed by atoms with Crippen molar-refractivity contribution in [1.82, 2.24) is 0 Å². The Labute approximate surface area is 217 Å². The van der Waals surface area contributed by atoms with Gasteiger partial charge in [-0.3, -0.25) is 0 Å². The van der Waals surface area contributed by atoms with Crippen LogP contribution < -0.4 is 0 Å². The average Bonchev–Trinajstić information content (AvgIpc) is 2.86. The molecular weight excluding hydrogens is 498 g/mol. The normalized spacial score (nSPS) is 18.0. The van der Waals surface area contributed by atoms with Crippen LogP contribution in [0, 0.1) is 35.2 Å². The van der Waals surface area contributed by atoms with Crippen LogP contribution >= 0.6 is 0 Å². The number of rotatable bonds is 4. The van der Waals surface area contributed by atoms with E-state index in [2.05, 4.69) is 37.3 Å². The highest BCUT2D eigenvalue weighted by molar-refractivity contribution is 5.86. The maximum atomic E-state index is 14.8. The lowest BCUT2D eigenvalue weighted by atomic mass is 9.79. The second kappa shape index (κ2) is 10.4. The zero-order chi connectivity index (χ0) is 27.0. The molecule has 4 aromatic carbocycles. The van der Waals surface area contributed by atoms with Crippen molar-refractivity contribution in [2.75, 3.05) is 0 Å². The van der Waals surface area contributed by atoms with Gasteiger partial charge in [-0.1, -0.05) is 68.2 Å². The molecule has 1 aliphatic rings. The molecule has 0 saturated heterocycles. The third kappa shape index (κ3) is 5.67. The number of hydrogen-bond donors (Lipinski definition) is 0. The van der Waals surface area contributed by atoms with Gasteiger partial charge in [-0.2, -0.15) is 13.2 Å². The number of alkyl halides is 3. The third-order valence-corrected chi connectivity index (χ3v) is 7.59.